The molecule has 1 rings (SSSR count). The van der Waals surface area contributed by atoms with Crippen LogP contribution in [0, 0.1) is 15.9 Å². The van der Waals surface area contributed by atoms with Crippen LogP contribution in [0.2, 0.25) is 0 Å². The first-order valence-electron chi connectivity index (χ1n) is 7.25. The summed E-state index contributed by atoms with van der Waals surface area (Å²) in [5, 5.41) is 13.7. The molecular weight excluding hydrogens is 273 g/mol. The van der Waals surface area contributed by atoms with E-state index >= 15 is 0 Å². The molecular formula is C15H24FN3O2. The molecule has 21 heavy (non-hydrogen) atoms. The van der Waals surface area contributed by atoms with E-state index in [1.807, 2.05) is 0 Å². The van der Waals surface area contributed by atoms with Gasteiger partial charge in [0.1, 0.15) is 0 Å². The quantitative estimate of drug-likeness (QED) is 0.432. The molecule has 0 aliphatic rings. The van der Waals surface area contributed by atoms with Gasteiger partial charge in [-0.3, -0.25) is 10.1 Å². The second-order valence-corrected chi connectivity index (χ2v) is 5.50. The molecule has 0 heterocycles. The van der Waals surface area contributed by atoms with Crippen molar-refractivity contribution in [3.05, 3.63) is 39.7 Å². The Hall–Kier alpha value is -1.53. The topological polar surface area (TPSA) is 58.4 Å². The van der Waals surface area contributed by atoms with E-state index in [9.17, 15) is 14.5 Å². The van der Waals surface area contributed by atoms with Crippen LogP contribution in [-0.2, 0) is 6.54 Å². The fourth-order valence-electron chi connectivity index (χ4n) is 1.91. The molecule has 0 unspecified atom stereocenters. The fraction of sp³-hybridized carbons (Fsp3) is 0.600. The number of nitro groups is 1. The summed E-state index contributed by atoms with van der Waals surface area (Å²) in [6.07, 6.45) is 2.16. The smallest absolute Gasteiger partial charge is 0.304 e. The molecule has 0 aliphatic heterocycles. The monoisotopic (exact) mass is 297 g/mol. The highest BCUT2D eigenvalue weighted by molar-refractivity contribution is 5.34. The predicted octanol–water partition coefficient (Wildman–Crippen LogP) is 2.94. The minimum absolute atomic E-state index is 0.476. The van der Waals surface area contributed by atoms with Crippen LogP contribution < -0.4 is 5.32 Å². The highest BCUT2D eigenvalue weighted by Gasteiger charge is 2.13. The largest absolute Gasteiger partial charge is 0.313 e. The molecule has 0 bridgehead atoms. The van der Waals surface area contributed by atoms with Crippen molar-refractivity contribution >= 4 is 5.69 Å². The summed E-state index contributed by atoms with van der Waals surface area (Å²) in [6, 6.07) is 4.57. The Bertz CT molecular complexity index is 466. The summed E-state index contributed by atoms with van der Waals surface area (Å²) in [6.45, 7) is 6.77. The molecule has 0 saturated heterocycles. The molecule has 0 radical (unpaired) electrons. The minimum atomic E-state index is -0.780. The van der Waals surface area contributed by atoms with Gasteiger partial charge in [0.05, 0.1) is 4.92 Å². The van der Waals surface area contributed by atoms with E-state index < -0.39 is 16.4 Å². The van der Waals surface area contributed by atoms with Gasteiger partial charge in [0.25, 0.3) is 0 Å². The van der Waals surface area contributed by atoms with Crippen molar-refractivity contribution in [1.82, 2.24) is 10.2 Å². The Morgan fingerprint density at radius 3 is 2.67 bits per heavy atom. The molecule has 1 aromatic rings. The molecule has 0 spiro atoms. The van der Waals surface area contributed by atoms with Crippen LogP contribution in [0.4, 0.5) is 10.1 Å². The van der Waals surface area contributed by atoms with E-state index in [2.05, 4.69) is 31.1 Å². The summed E-state index contributed by atoms with van der Waals surface area (Å²) < 4.78 is 13.4. The summed E-state index contributed by atoms with van der Waals surface area (Å²) in [4.78, 5) is 12.1. The third-order valence-electron chi connectivity index (χ3n) is 3.53. The predicted molar refractivity (Wildman–Crippen MR) is 81.8 cm³/mol. The van der Waals surface area contributed by atoms with E-state index in [4.69, 9.17) is 0 Å². The molecule has 118 valence electrons. The summed E-state index contributed by atoms with van der Waals surface area (Å²) in [5.41, 5.74) is 0.243. The highest BCUT2D eigenvalue weighted by Crippen LogP contribution is 2.17. The van der Waals surface area contributed by atoms with Crippen molar-refractivity contribution in [1.29, 1.82) is 0 Å². The Kier molecular flexibility index (Phi) is 7.25. The summed E-state index contributed by atoms with van der Waals surface area (Å²) in [5.74, 6) is -0.780. The Labute approximate surface area is 125 Å². The molecule has 0 aliphatic carbocycles. The zero-order chi connectivity index (χ0) is 15.8. The van der Waals surface area contributed by atoms with Crippen molar-refractivity contribution in [2.45, 2.75) is 39.3 Å². The third kappa shape index (κ3) is 6.18. The van der Waals surface area contributed by atoms with E-state index in [1.165, 1.54) is 12.1 Å². The van der Waals surface area contributed by atoms with E-state index in [0.717, 1.165) is 31.5 Å². The van der Waals surface area contributed by atoms with Crippen molar-refractivity contribution in [2.75, 3.05) is 20.1 Å². The SMILES string of the molecule is CC(C)N(C)CCCCNCc1ccc([N+](=O)[O-])c(F)c1. The van der Waals surface area contributed by atoms with Crippen LogP contribution in [0.25, 0.3) is 0 Å². The van der Waals surface area contributed by atoms with Crippen LogP contribution in [0.3, 0.4) is 0 Å². The highest BCUT2D eigenvalue weighted by atomic mass is 19.1. The van der Waals surface area contributed by atoms with Crippen LogP contribution in [0.5, 0.6) is 0 Å². The van der Waals surface area contributed by atoms with Gasteiger partial charge >= 0.3 is 5.69 Å². The molecule has 1 N–H and O–H groups in total. The van der Waals surface area contributed by atoms with Gasteiger partial charge in [0.2, 0.25) is 5.82 Å². The van der Waals surface area contributed by atoms with Crippen LogP contribution in [0.1, 0.15) is 32.3 Å². The first kappa shape index (κ1) is 17.5. The zero-order valence-corrected chi connectivity index (χ0v) is 12.9. The molecule has 0 fully saturated rings. The van der Waals surface area contributed by atoms with Gasteiger partial charge < -0.3 is 10.2 Å². The molecule has 0 saturated carbocycles. The Morgan fingerprint density at radius 1 is 1.38 bits per heavy atom. The van der Waals surface area contributed by atoms with E-state index in [1.54, 1.807) is 6.07 Å². The van der Waals surface area contributed by atoms with Crippen molar-refractivity contribution in [2.24, 2.45) is 0 Å². The number of nitrogens with one attached hydrogen (secondary N) is 1. The maximum atomic E-state index is 13.4. The van der Waals surface area contributed by atoms with E-state index in [0.29, 0.717) is 12.6 Å². The Balaban J connectivity index is 2.24. The Morgan fingerprint density at radius 2 is 2.10 bits per heavy atom. The number of nitro benzene ring substituents is 1. The second-order valence-electron chi connectivity index (χ2n) is 5.50. The molecule has 6 heteroatoms. The maximum Gasteiger partial charge on any atom is 0.304 e. The van der Waals surface area contributed by atoms with Crippen LogP contribution in [-0.4, -0.2) is 36.0 Å². The van der Waals surface area contributed by atoms with E-state index in [-0.39, 0.29) is 0 Å². The lowest BCUT2D eigenvalue weighted by Crippen LogP contribution is -2.27. The van der Waals surface area contributed by atoms with Gasteiger partial charge in [-0.2, -0.15) is 4.39 Å². The van der Waals surface area contributed by atoms with Gasteiger partial charge in [0, 0.05) is 18.7 Å². The number of nitrogens with zero attached hydrogens (tertiary/aromatic N) is 2. The lowest BCUT2D eigenvalue weighted by atomic mass is 10.2. The first-order valence-corrected chi connectivity index (χ1v) is 7.25. The number of halogens is 1. The van der Waals surface area contributed by atoms with Gasteiger partial charge in [-0.1, -0.05) is 6.07 Å². The summed E-state index contributed by atoms with van der Waals surface area (Å²) in [7, 11) is 2.11. The third-order valence-corrected chi connectivity index (χ3v) is 3.53. The van der Waals surface area contributed by atoms with Crippen LogP contribution in [0.15, 0.2) is 18.2 Å². The average Bonchev–Trinajstić information content (AvgIpc) is 2.41. The summed E-state index contributed by atoms with van der Waals surface area (Å²) >= 11 is 0. The van der Waals surface area contributed by atoms with Crippen molar-refractivity contribution < 1.29 is 9.31 Å². The maximum absolute atomic E-state index is 13.4. The molecule has 1 aromatic carbocycles. The number of benzene rings is 1. The second kappa shape index (κ2) is 8.69. The number of unbranched alkanes of at least 4 members (excludes halogenated alkanes) is 1. The number of hydrogen-bond donors (Lipinski definition) is 1. The number of hydrogen-bond acceptors (Lipinski definition) is 4. The minimum Gasteiger partial charge on any atom is -0.313 e. The standard InChI is InChI=1S/C15H24FN3O2/c1-12(2)18(3)9-5-4-8-17-11-13-6-7-15(19(20)21)14(16)10-13/h6-7,10,12,17H,4-5,8-9,11H2,1-3H3. The lowest BCUT2D eigenvalue weighted by Gasteiger charge is -2.20. The lowest BCUT2D eigenvalue weighted by molar-refractivity contribution is -0.387. The molecule has 0 amide bonds. The molecule has 5 nitrogen and oxygen atoms in total. The van der Waals surface area contributed by atoms with Crippen LogP contribution >= 0.6 is 0 Å². The van der Waals surface area contributed by atoms with Gasteiger partial charge in [-0.05, 0) is 58.5 Å². The van der Waals surface area contributed by atoms with Gasteiger partial charge in [0.15, 0.2) is 0 Å². The average molecular weight is 297 g/mol. The van der Waals surface area contributed by atoms with Crippen molar-refractivity contribution in [3.63, 3.8) is 0 Å². The molecule has 0 aromatic heterocycles. The molecule has 0 atom stereocenters. The normalized spacial score (nSPS) is 11.3. The fourth-order valence-corrected chi connectivity index (χ4v) is 1.91. The first-order chi connectivity index (χ1) is 9.91. The van der Waals surface area contributed by atoms with Crippen molar-refractivity contribution in [3.8, 4) is 0 Å². The number of rotatable bonds is 9. The zero-order valence-electron chi connectivity index (χ0n) is 12.9. The van der Waals surface area contributed by atoms with Gasteiger partial charge in [-0.25, -0.2) is 0 Å². The van der Waals surface area contributed by atoms with Gasteiger partial charge in [-0.15, -0.1) is 0 Å².